The van der Waals surface area contributed by atoms with Gasteiger partial charge < -0.3 is 4.57 Å². The fourth-order valence-electron chi connectivity index (χ4n) is 3.78. The van der Waals surface area contributed by atoms with Gasteiger partial charge in [-0.1, -0.05) is 45.0 Å². The number of nitrogens with zero attached hydrogens (tertiary/aromatic N) is 8. The quantitative estimate of drug-likeness (QED) is 0.336. The van der Waals surface area contributed by atoms with E-state index in [-0.39, 0.29) is 16.6 Å². The van der Waals surface area contributed by atoms with Gasteiger partial charge in [-0.25, -0.2) is 9.97 Å². The zero-order valence-electron chi connectivity index (χ0n) is 19.3. The van der Waals surface area contributed by atoms with E-state index in [1.54, 1.807) is 11.0 Å². The molecule has 4 rings (SSSR count). The van der Waals surface area contributed by atoms with Crippen LogP contribution in [0, 0.1) is 16.7 Å². The fourth-order valence-corrected chi connectivity index (χ4v) is 3.92. The average Bonchev–Trinajstić information content (AvgIpc) is 3.43. The third-order valence-electron chi connectivity index (χ3n) is 6.45. The summed E-state index contributed by atoms with van der Waals surface area (Å²) in [5, 5.41) is 23.2. The summed E-state index contributed by atoms with van der Waals surface area (Å²) in [6.07, 6.45) is 3.76. The van der Waals surface area contributed by atoms with Crippen LogP contribution in [-0.4, -0.2) is 34.7 Å². The normalized spacial score (nSPS) is 12.7. The van der Waals surface area contributed by atoms with Gasteiger partial charge in [-0.15, -0.1) is 21.8 Å². The van der Waals surface area contributed by atoms with Crippen molar-refractivity contribution in [3.63, 3.8) is 0 Å². The number of hydrogen-bond acceptors (Lipinski definition) is 6. The van der Waals surface area contributed by atoms with Crippen LogP contribution in [0.5, 0.6) is 0 Å². The topological polar surface area (TPSA) is 98.1 Å². The van der Waals surface area contributed by atoms with Gasteiger partial charge >= 0.3 is 0 Å². The maximum atomic E-state index is 9.29. The average molecular weight is 463 g/mol. The van der Waals surface area contributed by atoms with Gasteiger partial charge in [0, 0.05) is 29.4 Å². The van der Waals surface area contributed by atoms with Crippen molar-refractivity contribution in [2.24, 2.45) is 5.41 Å². The minimum Gasteiger partial charge on any atom is -0.327 e. The van der Waals surface area contributed by atoms with Gasteiger partial charge in [-0.2, -0.15) is 10.1 Å². The molecular formula is C24H27ClN8. The van der Waals surface area contributed by atoms with Crippen LogP contribution >= 0.6 is 11.6 Å². The highest BCUT2D eigenvalue weighted by Gasteiger charge is 2.24. The van der Waals surface area contributed by atoms with Crippen LogP contribution in [0.3, 0.4) is 0 Å². The Morgan fingerprint density at radius 3 is 2.55 bits per heavy atom. The summed E-state index contributed by atoms with van der Waals surface area (Å²) in [4.78, 5) is 10.2. The lowest BCUT2D eigenvalue weighted by atomic mass is 9.84. The third kappa shape index (κ3) is 4.74. The van der Waals surface area contributed by atoms with E-state index in [1.165, 1.54) is 0 Å². The van der Waals surface area contributed by atoms with Gasteiger partial charge in [-0.3, -0.25) is 0 Å². The monoisotopic (exact) mass is 462 g/mol. The second-order valence-electron chi connectivity index (χ2n) is 8.71. The first kappa shape index (κ1) is 22.9. The van der Waals surface area contributed by atoms with E-state index in [1.807, 2.05) is 43.3 Å². The molecule has 0 radical (unpaired) electrons. The number of fused-ring (bicyclic) bond motifs is 1. The van der Waals surface area contributed by atoms with Crippen molar-refractivity contribution in [2.75, 3.05) is 0 Å². The number of alkyl halides is 1. The lowest BCUT2D eigenvalue weighted by Gasteiger charge is -2.28. The maximum Gasteiger partial charge on any atom is 0.234 e. The van der Waals surface area contributed by atoms with Crippen molar-refractivity contribution in [3.8, 4) is 17.5 Å². The number of nitriles is 1. The van der Waals surface area contributed by atoms with Crippen LogP contribution in [0.2, 0.25) is 0 Å². The molecule has 33 heavy (non-hydrogen) atoms. The molecule has 3 heterocycles. The van der Waals surface area contributed by atoms with Gasteiger partial charge in [0.15, 0.2) is 0 Å². The number of hydrogen-bond donors (Lipinski definition) is 0. The van der Waals surface area contributed by atoms with E-state index < -0.39 is 0 Å². The molecule has 0 amide bonds. The number of aromatic nitrogens is 7. The minimum absolute atomic E-state index is 0.0498. The summed E-state index contributed by atoms with van der Waals surface area (Å²) in [5.41, 5.74) is 3.79. The van der Waals surface area contributed by atoms with Crippen molar-refractivity contribution in [1.29, 1.82) is 5.26 Å². The Labute approximate surface area is 198 Å². The Bertz CT molecular complexity index is 1290. The minimum atomic E-state index is -0.0498. The second kappa shape index (κ2) is 9.28. The molecule has 4 aromatic rings. The summed E-state index contributed by atoms with van der Waals surface area (Å²) in [7, 11) is 0. The van der Waals surface area contributed by atoms with E-state index in [2.05, 4.69) is 50.7 Å². The molecule has 170 valence electrons. The van der Waals surface area contributed by atoms with Crippen LogP contribution in [0.1, 0.15) is 63.0 Å². The highest BCUT2D eigenvalue weighted by atomic mass is 35.5. The molecule has 3 aromatic heterocycles. The number of rotatable bonds is 8. The van der Waals surface area contributed by atoms with E-state index in [9.17, 15) is 5.26 Å². The number of halogens is 1. The van der Waals surface area contributed by atoms with E-state index in [4.69, 9.17) is 11.6 Å². The number of tetrazole rings is 1. The molecule has 8 nitrogen and oxygen atoms in total. The van der Waals surface area contributed by atoms with Gasteiger partial charge in [0.25, 0.3) is 0 Å². The van der Waals surface area contributed by atoms with Crippen LogP contribution in [-0.2, 0) is 13.1 Å². The Morgan fingerprint density at radius 2 is 1.91 bits per heavy atom. The van der Waals surface area contributed by atoms with E-state index >= 15 is 0 Å². The van der Waals surface area contributed by atoms with Gasteiger partial charge in [0.2, 0.25) is 11.6 Å². The van der Waals surface area contributed by atoms with Gasteiger partial charge in [-0.05, 0) is 42.0 Å². The first-order valence-corrected chi connectivity index (χ1v) is 11.6. The summed E-state index contributed by atoms with van der Waals surface area (Å²) in [6.45, 7) is 9.83. The summed E-state index contributed by atoms with van der Waals surface area (Å²) >= 11 is 6.15. The van der Waals surface area contributed by atoms with Crippen molar-refractivity contribution in [1.82, 2.24) is 34.7 Å². The van der Waals surface area contributed by atoms with Gasteiger partial charge in [0.1, 0.15) is 18.3 Å². The molecule has 0 saturated carbocycles. The van der Waals surface area contributed by atoms with Crippen LogP contribution in [0.4, 0.5) is 0 Å². The Hall–Kier alpha value is -3.31. The fraction of sp³-hybridized carbons (Fsp3) is 0.417. The Kier molecular flexibility index (Phi) is 6.43. The van der Waals surface area contributed by atoms with Crippen molar-refractivity contribution in [2.45, 2.75) is 59.0 Å². The molecule has 0 fully saturated rings. The predicted octanol–water partition coefficient (Wildman–Crippen LogP) is 5.13. The molecule has 0 aliphatic carbocycles. The molecule has 0 spiro atoms. The molecule has 1 atom stereocenters. The van der Waals surface area contributed by atoms with Crippen molar-refractivity contribution >= 4 is 22.6 Å². The van der Waals surface area contributed by atoms with Crippen LogP contribution in [0.15, 0.2) is 36.5 Å². The zero-order chi connectivity index (χ0) is 23.6. The Balaban J connectivity index is 1.68. The SMILES string of the molecule is CCC(C)(CC)Cn1c(Cn2nnc(-c3ccc(C(C)Cl)cc3)n2)cc2cnc(C#N)nc21. The smallest absolute Gasteiger partial charge is 0.234 e. The number of benzene rings is 1. The third-order valence-corrected chi connectivity index (χ3v) is 6.70. The predicted molar refractivity (Wildman–Crippen MR) is 128 cm³/mol. The molecule has 0 bridgehead atoms. The first-order chi connectivity index (χ1) is 15.9. The lowest BCUT2D eigenvalue weighted by molar-refractivity contribution is 0.249. The summed E-state index contributed by atoms with van der Waals surface area (Å²) in [5.74, 6) is 0.726. The van der Waals surface area contributed by atoms with E-state index in [0.717, 1.165) is 47.2 Å². The van der Waals surface area contributed by atoms with E-state index in [0.29, 0.717) is 12.4 Å². The second-order valence-corrected chi connectivity index (χ2v) is 9.36. The highest BCUT2D eigenvalue weighted by molar-refractivity contribution is 6.20. The molecule has 1 aromatic carbocycles. The first-order valence-electron chi connectivity index (χ1n) is 11.1. The molecule has 0 aliphatic heterocycles. The lowest BCUT2D eigenvalue weighted by Crippen LogP contribution is -2.24. The standard InChI is InChI=1S/C24H27ClN8/c1-5-24(4,6-2)15-32-20(11-19-13-27-21(12-26)28-23(19)32)14-33-30-22(29-31-33)18-9-7-17(8-10-18)16(3)25/h7-11,13,16H,5-6,14-15H2,1-4H3. The zero-order valence-corrected chi connectivity index (χ0v) is 20.1. The van der Waals surface area contributed by atoms with Crippen molar-refractivity contribution in [3.05, 3.63) is 53.6 Å². The maximum absolute atomic E-state index is 9.29. The summed E-state index contributed by atoms with van der Waals surface area (Å²) in [6, 6.07) is 12.0. The molecule has 1 unspecified atom stereocenters. The van der Waals surface area contributed by atoms with Gasteiger partial charge in [0.05, 0.1) is 5.38 Å². The largest absolute Gasteiger partial charge is 0.327 e. The summed E-state index contributed by atoms with van der Waals surface area (Å²) < 4.78 is 2.17. The molecule has 0 aliphatic rings. The molecule has 9 heteroatoms. The molecule has 0 N–H and O–H groups in total. The molecular weight excluding hydrogens is 436 g/mol. The van der Waals surface area contributed by atoms with Crippen molar-refractivity contribution < 1.29 is 0 Å². The molecule has 0 saturated heterocycles. The van der Waals surface area contributed by atoms with Crippen LogP contribution in [0.25, 0.3) is 22.4 Å². The highest BCUT2D eigenvalue weighted by Crippen LogP contribution is 2.31. The Morgan fingerprint density at radius 1 is 1.18 bits per heavy atom. The van der Waals surface area contributed by atoms with Crippen LogP contribution < -0.4 is 0 Å².